The minimum Gasteiger partial charge on any atom is -0.481 e. The van der Waals surface area contributed by atoms with Gasteiger partial charge in [0.15, 0.2) is 11.2 Å². The first-order chi connectivity index (χ1) is 9.95. The van der Waals surface area contributed by atoms with Gasteiger partial charge in [0.25, 0.3) is 5.91 Å². The summed E-state index contributed by atoms with van der Waals surface area (Å²) >= 11 is 4.97. The molecular formula is C15H21N3O2S. The molecule has 21 heavy (non-hydrogen) atoms. The Kier molecular flexibility index (Phi) is 6.68. The van der Waals surface area contributed by atoms with Gasteiger partial charge in [-0.05, 0) is 50.2 Å². The van der Waals surface area contributed by atoms with Gasteiger partial charge in [-0.15, -0.1) is 6.58 Å². The lowest BCUT2D eigenvalue weighted by atomic mass is 10.1. The molecule has 0 aliphatic carbocycles. The zero-order chi connectivity index (χ0) is 15.8. The quantitative estimate of drug-likeness (QED) is 0.439. The van der Waals surface area contributed by atoms with Crippen LogP contribution in [0.15, 0.2) is 30.9 Å². The van der Waals surface area contributed by atoms with Gasteiger partial charge < -0.3 is 10.1 Å². The average Bonchev–Trinajstić information content (AvgIpc) is 2.47. The van der Waals surface area contributed by atoms with Crippen molar-refractivity contribution in [1.29, 1.82) is 0 Å². The van der Waals surface area contributed by atoms with Crippen molar-refractivity contribution in [1.82, 2.24) is 16.2 Å². The number of carbonyl (C=O) groups is 1. The minimum absolute atomic E-state index is 0.307. The Morgan fingerprint density at radius 1 is 1.43 bits per heavy atom. The highest BCUT2D eigenvalue weighted by molar-refractivity contribution is 7.80. The first kappa shape index (κ1) is 17.0. The molecule has 0 aliphatic heterocycles. The fraction of sp³-hybridized carbons (Fsp3) is 0.333. The van der Waals surface area contributed by atoms with E-state index >= 15 is 0 Å². The summed E-state index contributed by atoms with van der Waals surface area (Å²) in [6.07, 6.45) is 1.03. The van der Waals surface area contributed by atoms with E-state index in [9.17, 15) is 4.79 Å². The standard InChI is InChI=1S/C15H21N3O2S/c1-5-9-16-15(21)18-17-14(19)12(4)20-13-8-6-7-10(2)11(13)3/h5-8,12H,1,9H2,2-4H3,(H,17,19)(H2,16,18,21)/t12-/m0/s1. The molecule has 1 amide bonds. The normalized spacial score (nSPS) is 11.2. The number of nitrogens with one attached hydrogen (secondary N) is 3. The van der Waals surface area contributed by atoms with E-state index in [2.05, 4.69) is 22.7 Å². The zero-order valence-electron chi connectivity index (χ0n) is 12.5. The van der Waals surface area contributed by atoms with E-state index in [-0.39, 0.29) is 5.91 Å². The van der Waals surface area contributed by atoms with Gasteiger partial charge in [0.05, 0.1) is 0 Å². The van der Waals surface area contributed by atoms with Crippen LogP contribution in [0.2, 0.25) is 0 Å². The molecule has 0 saturated heterocycles. The first-order valence-electron chi connectivity index (χ1n) is 6.63. The summed E-state index contributed by atoms with van der Waals surface area (Å²) in [5, 5.41) is 3.16. The molecule has 0 unspecified atom stereocenters. The Balaban J connectivity index is 2.49. The second-order valence-electron chi connectivity index (χ2n) is 4.57. The number of aryl methyl sites for hydroxylation is 1. The molecule has 0 bridgehead atoms. The van der Waals surface area contributed by atoms with Crippen molar-refractivity contribution in [3.8, 4) is 5.75 Å². The Hall–Kier alpha value is -2.08. The van der Waals surface area contributed by atoms with Crippen molar-refractivity contribution in [2.45, 2.75) is 26.9 Å². The minimum atomic E-state index is -0.639. The van der Waals surface area contributed by atoms with Crippen LogP contribution in [-0.4, -0.2) is 23.7 Å². The fourth-order valence-electron chi connectivity index (χ4n) is 1.52. The van der Waals surface area contributed by atoms with E-state index in [0.29, 0.717) is 17.4 Å². The van der Waals surface area contributed by atoms with E-state index in [1.807, 2.05) is 32.0 Å². The number of hydrazine groups is 1. The Morgan fingerprint density at radius 3 is 2.81 bits per heavy atom. The van der Waals surface area contributed by atoms with Crippen LogP contribution in [-0.2, 0) is 4.79 Å². The molecule has 1 rings (SSSR count). The lowest BCUT2D eigenvalue weighted by molar-refractivity contribution is -0.127. The highest BCUT2D eigenvalue weighted by atomic mass is 32.1. The van der Waals surface area contributed by atoms with Crippen LogP contribution in [0.3, 0.4) is 0 Å². The molecule has 0 spiro atoms. The summed E-state index contributed by atoms with van der Waals surface area (Å²) in [7, 11) is 0. The van der Waals surface area contributed by atoms with Crippen LogP contribution in [0.5, 0.6) is 5.75 Å². The molecule has 0 saturated carbocycles. The van der Waals surface area contributed by atoms with E-state index in [1.165, 1.54) is 0 Å². The number of benzene rings is 1. The van der Waals surface area contributed by atoms with Gasteiger partial charge in [0.2, 0.25) is 0 Å². The van der Waals surface area contributed by atoms with E-state index < -0.39 is 6.10 Å². The van der Waals surface area contributed by atoms with Crippen molar-refractivity contribution >= 4 is 23.2 Å². The molecule has 0 aliphatic rings. The molecule has 0 heterocycles. The van der Waals surface area contributed by atoms with Gasteiger partial charge in [0.1, 0.15) is 5.75 Å². The van der Waals surface area contributed by atoms with Crippen molar-refractivity contribution in [3.63, 3.8) is 0 Å². The van der Waals surface area contributed by atoms with Crippen LogP contribution in [0.25, 0.3) is 0 Å². The first-order valence-corrected chi connectivity index (χ1v) is 7.04. The highest BCUT2D eigenvalue weighted by Crippen LogP contribution is 2.21. The smallest absolute Gasteiger partial charge is 0.279 e. The third-order valence-corrected chi connectivity index (χ3v) is 3.18. The largest absolute Gasteiger partial charge is 0.481 e. The second kappa shape index (κ2) is 8.26. The fourth-order valence-corrected chi connectivity index (χ4v) is 1.66. The monoisotopic (exact) mass is 307 g/mol. The second-order valence-corrected chi connectivity index (χ2v) is 4.98. The summed E-state index contributed by atoms with van der Waals surface area (Å²) in [6.45, 7) is 9.72. The van der Waals surface area contributed by atoms with Gasteiger partial charge in [-0.3, -0.25) is 15.6 Å². The molecule has 114 valence electrons. The number of thiocarbonyl (C=S) groups is 1. The van der Waals surface area contributed by atoms with Crippen molar-refractivity contribution in [2.24, 2.45) is 0 Å². The molecule has 0 radical (unpaired) electrons. The third-order valence-electron chi connectivity index (χ3n) is 2.93. The Labute approximate surface area is 130 Å². The van der Waals surface area contributed by atoms with Crippen LogP contribution in [0.4, 0.5) is 0 Å². The molecule has 1 aromatic rings. The van der Waals surface area contributed by atoms with Gasteiger partial charge in [-0.1, -0.05) is 18.2 Å². The topological polar surface area (TPSA) is 62.4 Å². The summed E-state index contributed by atoms with van der Waals surface area (Å²) < 4.78 is 5.67. The molecule has 1 atom stereocenters. The van der Waals surface area contributed by atoms with Gasteiger partial charge in [-0.2, -0.15) is 0 Å². The maximum absolute atomic E-state index is 11.9. The van der Waals surface area contributed by atoms with E-state index in [0.717, 1.165) is 11.1 Å². The number of amides is 1. The van der Waals surface area contributed by atoms with Gasteiger partial charge >= 0.3 is 0 Å². The van der Waals surface area contributed by atoms with Gasteiger partial charge in [0, 0.05) is 6.54 Å². The van der Waals surface area contributed by atoms with Crippen LogP contribution in [0.1, 0.15) is 18.1 Å². The van der Waals surface area contributed by atoms with Crippen LogP contribution < -0.4 is 20.9 Å². The number of ether oxygens (including phenoxy) is 1. The predicted octanol–water partition coefficient (Wildman–Crippen LogP) is 1.75. The summed E-state index contributed by atoms with van der Waals surface area (Å²) in [5.41, 5.74) is 7.24. The Morgan fingerprint density at radius 2 is 2.14 bits per heavy atom. The summed E-state index contributed by atoms with van der Waals surface area (Å²) in [4.78, 5) is 11.9. The summed E-state index contributed by atoms with van der Waals surface area (Å²) in [6, 6.07) is 5.74. The molecule has 0 aromatic heterocycles. The molecule has 0 fully saturated rings. The van der Waals surface area contributed by atoms with Gasteiger partial charge in [-0.25, -0.2) is 0 Å². The molecule has 6 heteroatoms. The Bertz CT molecular complexity index is 532. The third kappa shape index (κ3) is 5.43. The lowest BCUT2D eigenvalue weighted by Crippen LogP contribution is -2.50. The molecular weight excluding hydrogens is 286 g/mol. The maximum atomic E-state index is 11.9. The van der Waals surface area contributed by atoms with Crippen LogP contribution in [0, 0.1) is 13.8 Å². The lowest BCUT2D eigenvalue weighted by Gasteiger charge is -2.18. The molecule has 5 nitrogen and oxygen atoms in total. The summed E-state index contributed by atoms with van der Waals surface area (Å²) in [5.74, 6) is 0.392. The zero-order valence-corrected chi connectivity index (χ0v) is 13.3. The van der Waals surface area contributed by atoms with Crippen molar-refractivity contribution < 1.29 is 9.53 Å². The maximum Gasteiger partial charge on any atom is 0.279 e. The van der Waals surface area contributed by atoms with Crippen molar-refractivity contribution in [3.05, 3.63) is 42.0 Å². The molecule has 1 aromatic carbocycles. The highest BCUT2D eigenvalue weighted by Gasteiger charge is 2.16. The van der Waals surface area contributed by atoms with Crippen LogP contribution >= 0.6 is 12.2 Å². The predicted molar refractivity (Wildman–Crippen MR) is 88.1 cm³/mol. The van der Waals surface area contributed by atoms with E-state index in [4.69, 9.17) is 17.0 Å². The number of hydrogen-bond acceptors (Lipinski definition) is 3. The van der Waals surface area contributed by atoms with E-state index in [1.54, 1.807) is 13.0 Å². The van der Waals surface area contributed by atoms with Crippen molar-refractivity contribution in [2.75, 3.05) is 6.54 Å². The SMILES string of the molecule is C=CCNC(=S)NNC(=O)[C@H](C)Oc1cccc(C)c1C. The average molecular weight is 307 g/mol. The number of hydrogen-bond donors (Lipinski definition) is 3. The number of rotatable bonds is 5. The number of carbonyl (C=O) groups excluding carboxylic acids is 1. The molecule has 3 N–H and O–H groups in total.